The molecule has 2 aromatic rings. The number of para-hydroxylation sites is 1. The number of nitrogens with one attached hydrogen (secondary N) is 1. The first-order valence-electron chi connectivity index (χ1n) is 6.60. The largest absolute Gasteiger partial charge is 0.356 e. The van der Waals surface area contributed by atoms with E-state index >= 15 is 0 Å². The number of amides is 2. The summed E-state index contributed by atoms with van der Waals surface area (Å²) >= 11 is 1.06. The van der Waals surface area contributed by atoms with Crippen LogP contribution in [0.25, 0.3) is 0 Å². The van der Waals surface area contributed by atoms with Gasteiger partial charge in [-0.05, 0) is 29.8 Å². The number of carbonyl (C=O) groups excluding carboxylic acids is 2. The molecular formula is C16H14N2O2S. The maximum Gasteiger partial charge on any atom is 0.289 e. The van der Waals surface area contributed by atoms with Crippen molar-refractivity contribution in [2.45, 2.75) is 6.54 Å². The second kappa shape index (κ2) is 6.01. The first kappa shape index (κ1) is 13.7. The van der Waals surface area contributed by atoms with Crippen LogP contribution in [0, 0.1) is 0 Å². The predicted octanol–water partition coefficient (Wildman–Crippen LogP) is 3.63. The Morgan fingerprint density at radius 3 is 2.48 bits per heavy atom. The summed E-state index contributed by atoms with van der Waals surface area (Å²) in [6.07, 6.45) is 0. The Kier molecular flexibility index (Phi) is 3.92. The summed E-state index contributed by atoms with van der Waals surface area (Å²) < 4.78 is 0. The van der Waals surface area contributed by atoms with E-state index in [4.69, 9.17) is 0 Å². The minimum atomic E-state index is -0.165. The van der Waals surface area contributed by atoms with Gasteiger partial charge in [-0.25, -0.2) is 0 Å². The van der Waals surface area contributed by atoms with Crippen molar-refractivity contribution >= 4 is 34.3 Å². The average Bonchev–Trinajstić information content (AvgIpc) is 2.81. The Morgan fingerprint density at radius 2 is 1.76 bits per heavy atom. The molecule has 0 atom stereocenters. The van der Waals surface area contributed by atoms with E-state index in [0.29, 0.717) is 6.54 Å². The zero-order chi connectivity index (χ0) is 14.7. The molecule has 1 fully saturated rings. The van der Waals surface area contributed by atoms with Crippen molar-refractivity contribution in [2.75, 3.05) is 11.1 Å². The molecule has 106 valence electrons. The molecular weight excluding hydrogens is 284 g/mol. The van der Waals surface area contributed by atoms with Crippen LogP contribution in [-0.4, -0.2) is 21.8 Å². The van der Waals surface area contributed by atoms with Crippen molar-refractivity contribution in [3.63, 3.8) is 0 Å². The number of nitrogens with zero attached hydrogens (tertiary/aromatic N) is 1. The van der Waals surface area contributed by atoms with Crippen LogP contribution in [-0.2, 0) is 11.3 Å². The van der Waals surface area contributed by atoms with E-state index in [2.05, 4.69) is 5.32 Å². The summed E-state index contributed by atoms with van der Waals surface area (Å²) in [6, 6.07) is 17.6. The highest BCUT2D eigenvalue weighted by molar-refractivity contribution is 8.14. The lowest BCUT2D eigenvalue weighted by Gasteiger charge is -2.14. The Morgan fingerprint density at radius 1 is 1.00 bits per heavy atom. The molecule has 1 N–H and O–H groups in total. The molecule has 3 rings (SSSR count). The molecule has 5 heteroatoms. The van der Waals surface area contributed by atoms with E-state index < -0.39 is 0 Å². The minimum absolute atomic E-state index is 0.119. The van der Waals surface area contributed by atoms with Gasteiger partial charge in [0.15, 0.2) is 0 Å². The summed E-state index contributed by atoms with van der Waals surface area (Å²) in [6.45, 7) is 0.328. The maximum absolute atomic E-state index is 11.6. The van der Waals surface area contributed by atoms with Crippen LogP contribution < -0.4 is 5.32 Å². The number of thioether (sulfide) groups is 1. The molecule has 1 aliphatic heterocycles. The highest BCUT2D eigenvalue weighted by atomic mass is 32.2. The molecule has 21 heavy (non-hydrogen) atoms. The first-order valence-corrected chi connectivity index (χ1v) is 7.59. The molecule has 2 amide bonds. The third-order valence-corrected chi connectivity index (χ3v) is 4.03. The molecule has 0 aliphatic carbocycles. The smallest absolute Gasteiger partial charge is 0.289 e. The van der Waals surface area contributed by atoms with Gasteiger partial charge in [0.05, 0.1) is 12.3 Å². The third kappa shape index (κ3) is 3.25. The number of benzene rings is 2. The standard InChI is InChI=1S/C16H14N2O2S/c19-15-11-21-16(20)18(15)10-12-5-4-8-14(9-12)17-13-6-2-1-3-7-13/h1-9,17H,10-11H2. The molecule has 0 radical (unpaired) electrons. The second-order valence-electron chi connectivity index (χ2n) is 4.73. The topological polar surface area (TPSA) is 49.4 Å². The predicted molar refractivity (Wildman–Crippen MR) is 84.6 cm³/mol. The zero-order valence-electron chi connectivity index (χ0n) is 11.3. The Hall–Kier alpha value is -2.27. The van der Waals surface area contributed by atoms with Crippen LogP contribution >= 0.6 is 11.8 Å². The van der Waals surface area contributed by atoms with Crippen molar-refractivity contribution in [1.29, 1.82) is 0 Å². The number of rotatable bonds is 4. The van der Waals surface area contributed by atoms with Gasteiger partial charge in [0.25, 0.3) is 5.24 Å². The van der Waals surface area contributed by atoms with Gasteiger partial charge in [0.2, 0.25) is 5.91 Å². The fourth-order valence-corrected chi connectivity index (χ4v) is 2.88. The molecule has 1 heterocycles. The maximum atomic E-state index is 11.6. The van der Waals surface area contributed by atoms with Crippen LogP contribution in [0.2, 0.25) is 0 Å². The van der Waals surface area contributed by atoms with Crippen LogP contribution in [0.3, 0.4) is 0 Å². The number of carbonyl (C=O) groups is 2. The van der Waals surface area contributed by atoms with Crippen LogP contribution in [0.5, 0.6) is 0 Å². The van der Waals surface area contributed by atoms with Crippen molar-refractivity contribution in [1.82, 2.24) is 4.90 Å². The number of hydrogen-bond donors (Lipinski definition) is 1. The van der Waals surface area contributed by atoms with Crippen LogP contribution in [0.1, 0.15) is 5.56 Å². The average molecular weight is 298 g/mol. The molecule has 0 bridgehead atoms. The SMILES string of the molecule is O=C1CSC(=O)N1Cc1cccc(Nc2ccccc2)c1. The van der Waals surface area contributed by atoms with Gasteiger partial charge in [-0.1, -0.05) is 42.1 Å². The monoisotopic (exact) mass is 298 g/mol. The minimum Gasteiger partial charge on any atom is -0.356 e. The lowest BCUT2D eigenvalue weighted by atomic mass is 10.2. The first-order chi connectivity index (χ1) is 10.2. The van der Waals surface area contributed by atoms with Gasteiger partial charge in [0.1, 0.15) is 0 Å². The fourth-order valence-electron chi connectivity index (χ4n) is 2.15. The number of imide groups is 1. The molecule has 0 saturated carbocycles. The quantitative estimate of drug-likeness (QED) is 0.936. The van der Waals surface area contributed by atoms with Crippen molar-refractivity contribution in [3.05, 3.63) is 60.2 Å². The number of hydrogen-bond acceptors (Lipinski definition) is 4. The molecule has 0 unspecified atom stereocenters. The van der Waals surface area contributed by atoms with Crippen molar-refractivity contribution < 1.29 is 9.59 Å². The summed E-state index contributed by atoms with van der Waals surface area (Å²) in [5.74, 6) is 0.132. The van der Waals surface area contributed by atoms with E-state index in [9.17, 15) is 9.59 Å². The Labute approximate surface area is 127 Å². The van der Waals surface area contributed by atoms with Gasteiger partial charge in [-0.2, -0.15) is 0 Å². The highest BCUT2D eigenvalue weighted by Crippen LogP contribution is 2.23. The van der Waals surface area contributed by atoms with Crippen LogP contribution in [0.4, 0.5) is 16.2 Å². The summed E-state index contributed by atoms with van der Waals surface area (Å²) in [5.41, 5.74) is 2.86. The molecule has 1 saturated heterocycles. The molecule has 2 aromatic carbocycles. The van der Waals surface area contributed by atoms with E-state index in [1.54, 1.807) is 0 Å². The lowest BCUT2D eigenvalue weighted by molar-refractivity contribution is -0.125. The fraction of sp³-hybridized carbons (Fsp3) is 0.125. The number of anilines is 2. The van der Waals surface area contributed by atoms with E-state index in [1.807, 2.05) is 54.6 Å². The van der Waals surface area contributed by atoms with Gasteiger partial charge in [0, 0.05) is 11.4 Å². The molecule has 0 spiro atoms. The molecule has 1 aliphatic rings. The van der Waals surface area contributed by atoms with E-state index in [-0.39, 0.29) is 16.9 Å². The summed E-state index contributed by atoms with van der Waals surface area (Å²) in [4.78, 5) is 24.5. The molecule has 0 aromatic heterocycles. The Balaban J connectivity index is 1.74. The second-order valence-corrected chi connectivity index (χ2v) is 5.65. The molecule has 4 nitrogen and oxygen atoms in total. The third-order valence-electron chi connectivity index (χ3n) is 3.17. The summed E-state index contributed by atoms with van der Waals surface area (Å²) in [5, 5.41) is 3.13. The normalized spacial score (nSPS) is 14.6. The van der Waals surface area contributed by atoms with Gasteiger partial charge in [-0.15, -0.1) is 0 Å². The zero-order valence-corrected chi connectivity index (χ0v) is 12.1. The van der Waals surface area contributed by atoms with Crippen molar-refractivity contribution in [3.8, 4) is 0 Å². The lowest BCUT2D eigenvalue weighted by Crippen LogP contribution is -2.27. The van der Waals surface area contributed by atoms with E-state index in [1.165, 1.54) is 4.90 Å². The van der Waals surface area contributed by atoms with Crippen molar-refractivity contribution in [2.24, 2.45) is 0 Å². The Bertz CT molecular complexity index is 657. The van der Waals surface area contributed by atoms with Gasteiger partial charge >= 0.3 is 0 Å². The summed E-state index contributed by atoms with van der Waals surface area (Å²) in [7, 11) is 0. The van der Waals surface area contributed by atoms with Crippen LogP contribution in [0.15, 0.2) is 54.6 Å². The van der Waals surface area contributed by atoms with E-state index in [0.717, 1.165) is 28.7 Å². The van der Waals surface area contributed by atoms with Gasteiger partial charge in [-0.3, -0.25) is 14.5 Å². The highest BCUT2D eigenvalue weighted by Gasteiger charge is 2.29. The van der Waals surface area contributed by atoms with Gasteiger partial charge < -0.3 is 5.32 Å².